The van der Waals surface area contributed by atoms with E-state index in [1.807, 2.05) is 6.92 Å². The Morgan fingerprint density at radius 3 is 2.65 bits per heavy atom. The van der Waals surface area contributed by atoms with Crippen molar-refractivity contribution in [1.29, 1.82) is 0 Å². The number of nitro benzene ring substituents is 1. The predicted molar refractivity (Wildman–Crippen MR) is 70.8 cm³/mol. The Morgan fingerprint density at radius 2 is 2.15 bits per heavy atom. The number of nitro groups is 1. The summed E-state index contributed by atoms with van der Waals surface area (Å²) in [5, 5.41) is 10.8. The Balaban J connectivity index is 2.37. The molecular formula is C13H16FN3O3. The SMILES string of the molecule is Cc1cc([N+](=O)[O-])cc(C(=O)N2CC(C)C(N)C2)c1F. The lowest BCUT2D eigenvalue weighted by Gasteiger charge is -2.16. The number of benzene rings is 1. The van der Waals surface area contributed by atoms with Gasteiger partial charge in [0.15, 0.2) is 0 Å². The van der Waals surface area contributed by atoms with E-state index in [2.05, 4.69) is 0 Å². The highest BCUT2D eigenvalue weighted by Crippen LogP contribution is 2.24. The van der Waals surface area contributed by atoms with Crippen molar-refractivity contribution in [2.75, 3.05) is 13.1 Å². The lowest BCUT2D eigenvalue weighted by molar-refractivity contribution is -0.385. The number of carbonyl (C=O) groups excluding carboxylic acids is 1. The molecule has 0 aliphatic carbocycles. The van der Waals surface area contributed by atoms with Crippen LogP contribution in [0.25, 0.3) is 0 Å². The number of hydrogen-bond donors (Lipinski definition) is 1. The maximum atomic E-state index is 14.0. The molecule has 0 saturated carbocycles. The summed E-state index contributed by atoms with van der Waals surface area (Å²) in [6.07, 6.45) is 0. The Morgan fingerprint density at radius 1 is 1.50 bits per heavy atom. The third-order valence-corrected chi connectivity index (χ3v) is 3.64. The fourth-order valence-electron chi connectivity index (χ4n) is 2.34. The van der Waals surface area contributed by atoms with Gasteiger partial charge in [-0.15, -0.1) is 0 Å². The number of likely N-dealkylation sites (tertiary alicyclic amines) is 1. The minimum Gasteiger partial charge on any atom is -0.337 e. The smallest absolute Gasteiger partial charge is 0.270 e. The van der Waals surface area contributed by atoms with E-state index < -0.39 is 16.6 Å². The van der Waals surface area contributed by atoms with Crippen molar-refractivity contribution in [2.45, 2.75) is 19.9 Å². The number of nitrogens with zero attached hydrogens (tertiary/aromatic N) is 2. The van der Waals surface area contributed by atoms with Gasteiger partial charge in [-0.3, -0.25) is 14.9 Å². The van der Waals surface area contributed by atoms with Gasteiger partial charge in [0.1, 0.15) is 5.82 Å². The number of amides is 1. The fraction of sp³-hybridized carbons (Fsp3) is 0.462. The van der Waals surface area contributed by atoms with Gasteiger partial charge >= 0.3 is 0 Å². The Labute approximate surface area is 115 Å². The van der Waals surface area contributed by atoms with Gasteiger partial charge < -0.3 is 10.6 Å². The summed E-state index contributed by atoms with van der Waals surface area (Å²) >= 11 is 0. The highest BCUT2D eigenvalue weighted by molar-refractivity contribution is 5.95. The summed E-state index contributed by atoms with van der Waals surface area (Å²) in [6, 6.07) is 1.95. The maximum absolute atomic E-state index is 14.0. The highest BCUT2D eigenvalue weighted by Gasteiger charge is 2.32. The third kappa shape index (κ3) is 2.49. The predicted octanol–water partition coefficient (Wildman–Crippen LogP) is 1.46. The number of aryl methyl sites for hydroxylation is 1. The second-order valence-electron chi connectivity index (χ2n) is 5.23. The summed E-state index contributed by atoms with van der Waals surface area (Å²) < 4.78 is 14.0. The van der Waals surface area contributed by atoms with Crippen molar-refractivity contribution in [1.82, 2.24) is 4.90 Å². The van der Waals surface area contributed by atoms with Gasteiger partial charge in [-0.2, -0.15) is 0 Å². The largest absolute Gasteiger partial charge is 0.337 e. The molecule has 1 amide bonds. The highest BCUT2D eigenvalue weighted by atomic mass is 19.1. The van der Waals surface area contributed by atoms with E-state index in [0.717, 1.165) is 12.1 Å². The first kappa shape index (κ1) is 14.4. The van der Waals surface area contributed by atoms with E-state index in [1.165, 1.54) is 11.8 Å². The quantitative estimate of drug-likeness (QED) is 0.656. The molecule has 1 heterocycles. The van der Waals surface area contributed by atoms with Gasteiger partial charge in [0.05, 0.1) is 10.5 Å². The third-order valence-electron chi connectivity index (χ3n) is 3.64. The number of hydrogen-bond acceptors (Lipinski definition) is 4. The lowest BCUT2D eigenvalue weighted by Crippen LogP contribution is -2.32. The number of rotatable bonds is 2. The molecule has 108 valence electrons. The Kier molecular flexibility index (Phi) is 3.71. The van der Waals surface area contributed by atoms with Crippen molar-refractivity contribution in [3.05, 3.63) is 39.2 Å². The molecular weight excluding hydrogens is 265 g/mol. The van der Waals surface area contributed by atoms with Crippen LogP contribution < -0.4 is 5.73 Å². The zero-order valence-corrected chi connectivity index (χ0v) is 11.3. The molecule has 1 fully saturated rings. The number of halogens is 1. The van der Waals surface area contributed by atoms with Gasteiger partial charge in [0.2, 0.25) is 0 Å². The van der Waals surface area contributed by atoms with Gasteiger partial charge in [-0.05, 0) is 18.4 Å². The molecule has 1 aromatic carbocycles. The topological polar surface area (TPSA) is 89.5 Å². The van der Waals surface area contributed by atoms with Crippen LogP contribution in [0.3, 0.4) is 0 Å². The molecule has 1 aromatic rings. The van der Waals surface area contributed by atoms with Gasteiger partial charge in [-0.1, -0.05) is 6.92 Å². The number of nitrogens with two attached hydrogens (primary N) is 1. The Bertz CT molecular complexity index is 566. The van der Waals surface area contributed by atoms with Crippen LogP contribution in [-0.4, -0.2) is 34.9 Å². The molecule has 20 heavy (non-hydrogen) atoms. The average molecular weight is 281 g/mol. The normalized spacial score (nSPS) is 22.1. The molecule has 0 aromatic heterocycles. The minimum atomic E-state index is -0.714. The summed E-state index contributed by atoms with van der Waals surface area (Å²) in [7, 11) is 0. The lowest BCUT2D eigenvalue weighted by atomic mass is 10.1. The van der Waals surface area contributed by atoms with Crippen molar-refractivity contribution >= 4 is 11.6 Å². The van der Waals surface area contributed by atoms with E-state index in [0.29, 0.717) is 13.1 Å². The summed E-state index contributed by atoms with van der Waals surface area (Å²) in [5.41, 5.74) is 5.36. The molecule has 2 atom stereocenters. The van der Waals surface area contributed by atoms with E-state index in [-0.39, 0.29) is 28.8 Å². The molecule has 2 rings (SSSR count). The van der Waals surface area contributed by atoms with Crippen LogP contribution in [0.4, 0.5) is 10.1 Å². The zero-order chi connectivity index (χ0) is 15.0. The fourth-order valence-corrected chi connectivity index (χ4v) is 2.34. The van der Waals surface area contributed by atoms with Crippen LogP contribution in [0.5, 0.6) is 0 Å². The van der Waals surface area contributed by atoms with Crippen LogP contribution in [0.15, 0.2) is 12.1 Å². The molecule has 0 radical (unpaired) electrons. The van der Waals surface area contributed by atoms with Crippen molar-refractivity contribution < 1.29 is 14.1 Å². The van der Waals surface area contributed by atoms with Crippen LogP contribution in [0.1, 0.15) is 22.8 Å². The molecule has 2 N–H and O–H groups in total. The first-order chi connectivity index (χ1) is 9.31. The molecule has 0 spiro atoms. The number of non-ortho nitro benzene ring substituents is 1. The molecule has 1 saturated heterocycles. The van der Waals surface area contributed by atoms with E-state index in [9.17, 15) is 19.3 Å². The van der Waals surface area contributed by atoms with Gasteiger partial charge in [0, 0.05) is 31.3 Å². The van der Waals surface area contributed by atoms with E-state index in [1.54, 1.807) is 0 Å². The first-order valence-electron chi connectivity index (χ1n) is 6.30. The van der Waals surface area contributed by atoms with Crippen LogP contribution >= 0.6 is 0 Å². The van der Waals surface area contributed by atoms with Crippen molar-refractivity contribution in [2.24, 2.45) is 11.7 Å². The monoisotopic (exact) mass is 281 g/mol. The zero-order valence-electron chi connectivity index (χ0n) is 11.3. The second-order valence-corrected chi connectivity index (χ2v) is 5.23. The standard InChI is InChI=1S/C13H16FN3O3/c1-7-3-9(17(19)20)4-10(12(7)14)13(18)16-5-8(2)11(15)6-16/h3-4,8,11H,5-6,15H2,1-2H3. The van der Waals surface area contributed by atoms with E-state index in [4.69, 9.17) is 5.73 Å². The van der Waals surface area contributed by atoms with Crippen molar-refractivity contribution in [3.63, 3.8) is 0 Å². The summed E-state index contributed by atoms with van der Waals surface area (Å²) in [4.78, 5) is 23.9. The Hall–Kier alpha value is -2.02. The second kappa shape index (κ2) is 5.16. The molecule has 7 heteroatoms. The first-order valence-corrected chi connectivity index (χ1v) is 6.30. The van der Waals surface area contributed by atoms with Gasteiger partial charge in [0.25, 0.3) is 11.6 Å². The summed E-state index contributed by atoms with van der Waals surface area (Å²) in [6.45, 7) is 4.08. The van der Waals surface area contributed by atoms with Crippen LogP contribution in [-0.2, 0) is 0 Å². The van der Waals surface area contributed by atoms with Crippen LogP contribution in [0.2, 0.25) is 0 Å². The van der Waals surface area contributed by atoms with Crippen LogP contribution in [0, 0.1) is 28.8 Å². The van der Waals surface area contributed by atoms with Crippen molar-refractivity contribution in [3.8, 4) is 0 Å². The average Bonchev–Trinajstić information content (AvgIpc) is 2.71. The molecule has 6 nitrogen and oxygen atoms in total. The van der Waals surface area contributed by atoms with E-state index >= 15 is 0 Å². The molecule has 0 bridgehead atoms. The molecule has 2 unspecified atom stereocenters. The minimum absolute atomic E-state index is 0.0825. The molecule has 1 aliphatic heterocycles. The number of carbonyl (C=O) groups is 1. The summed E-state index contributed by atoms with van der Waals surface area (Å²) in [5.74, 6) is -1.13. The van der Waals surface area contributed by atoms with Gasteiger partial charge in [-0.25, -0.2) is 4.39 Å². The maximum Gasteiger partial charge on any atom is 0.270 e. The molecule has 1 aliphatic rings.